The second-order valence-electron chi connectivity index (χ2n) is 4.63. The van der Waals surface area contributed by atoms with Gasteiger partial charge in [0.25, 0.3) is 5.69 Å². The quantitative estimate of drug-likeness (QED) is 0.687. The third-order valence-electron chi connectivity index (χ3n) is 3.11. The second kappa shape index (κ2) is 5.79. The molecule has 0 aromatic heterocycles. The maximum absolute atomic E-state index is 13.7. The number of halogens is 1. The standard InChI is InChI=1S/C15H14FNO3/c1-10-6-7-13(16)12(8-10)15(18)9-11-4-2-3-5-14(11)17(19)20/h2-8,15,18H,9H2,1H3. The average Bonchev–Trinajstić information content (AvgIpc) is 2.41. The molecule has 20 heavy (non-hydrogen) atoms. The number of hydrogen-bond donors (Lipinski definition) is 1. The number of nitrogens with zero attached hydrogens (tertiary/aromatic N) is 1. The van der Waals surface area contributed by atoms with Gasteiger partial charge in [-0.1, -0.05) is 35.9 Å². The molecule has 0 heterocycles. The molecule has 0 saturated carbocycles. The first kappa shape index (κ1) is 14.1. The fraction of sp³-hybridized carbons (Fsp3) is 0.200. The Kier molecular flexibility index (Phi) is 4.10. The van der Waals surface area contributed by atoms with Crippen molar-refractivity contribution in [3.8, 4) is 0 Å². The molecule has 5 heteroatoms. The van der Waals surface area contributed by atoms with Crippen LogP contribution in [0.1, 0.15) is 22.8 Å². The van der Waals surface area contributed by atoms with E-state index in [0.717, 1.165) is 5.56 Å². The zero-order chi connectivity index (χ0) is 14.7. The van der Waals surface area contributed by atoms with E-state index >= 15 is 0 Å². The van der Waals surface area contributed by atoms with Crippen LogP contribution in [0.5, 0.6) is 0 Å². The number of aryl methyl sites for hydroxylation is 1. The fourth-order valence-electron chi connectivity index (χ4n) is 2.10. The van der Waals surface area contributed by atoms with Crippen LogP contribution < -0.4 is 0 Å². The Morgan fingerprint density at radius 2 is 2.00 bits per heavy atom. The Hall–Kier alpha value is -2.27. The molecule has 0 aliphatic heterocycles. The van der Waals surface area contributed by atoms with Gasteiger partial charge in [0.05, 0.1) is 11.0 Å². The Morgan fingerprint density at radius 1 is 1.30 bits per heavy atom. The van der Waals surface area contributed by atoms with Crippen LogP contribution in [0, 0.1) is 22.9 Å². The Bertz CT molecular complexity index is 643. The lowest BCUT2D eigenvalue weighted by Crippen LogP contribution is -2.06. The lowest BCUT2D eigenvalue weighted by atomic mass is 9.98. The molecule has 2 aromatic rings. The monoisotopic (exact) mass is 275 g/mol. The van der Waals surface area contributed by atoms with Gasteiger partial charge in [-0.15, -0.1) is 0 Å². The van der Waals surface area contributed by atoms with Crippen LogP contribution in [-0.2, 0) is 6.42 Å². The highest BCUT2D eigenvalue weighted by molar-refractivity contribution is 5.41. The van der Waals surface area contributed by atoms with E-state index in [9.17, 15) is 19.6 Å². The number of hydrogen-bond acceptors (Lipinski definition) is 3. The molecule has 0 amide bonds. The molecular formula is C15H14FNO3. The summed E-state index contributed by atoms with van der Waals surface area (Å²) in [7, 11) is 0. The molecule has 2 aromatic carbocycles. The van der Waals surface area contributed by atoms with Crippen molar-refractivity contribution in [3.05, 3.63) is 75.1 Å². The molecule has 1 unspecified atom stereocenters. The average molecular weight is 275 g/mol. The topological polar surface area (TPSA) is 63.4 Å². The van der Waals surface area contributed by atoms with Crippen LogP contribution in [0.3, 0.4) is 0 Å². The molecule has 0 bridgehead atoms. The minimum absolute atomic E-state index is 0.00245. The third kappa shape index (κ3) is 3.00. The summed E-state index contributed by atoms with van der Waals surface area (Å²) >= 11 is 0. The first-order valence-corrected chi connectivity index (χ1v) is 6.15. The highest BCUT2D eigenvalue weighted by atomic mass is 19.1. The van der Waals surface area contributed by atoms with Crippen molar-refractivity contribution >= 4 is 5.69 Å². The van der Waals surface area contributed by atoms with Gasteiger partial charge in [-0.3, -0.25) is 10.1 Å². The number of nitro benzene ring substituents is 1. The van der Waals surface area contributed by atoms with Gasteiger partial charge in [0, 0.05) is 23.6 Å². The summed E-state index contributed by atoms with van der Waals surface area (Å²) in [4.78, 5) is 10.4. The molecule has 4 nitrogen and oxygen atoms in total. The van der Waals surface area contributed by atoms with E-state index in [1.807, 2.05) is 0 Å². The zero-order valence-corrected chi connectivity index (χ0v) is 10.9. The Morgan fingerprint density at radius 3 is 2.70 bits per heavy atom. The lowest BCUT2D eigenvalue weighted by Gasteiger charge is -2.13. The SMILES string of the molecule is Cc1ccc(F)c(C(O)Cc2ccccc2[N+](=O)[O-])c1. The van der Waals surface area contributed by atoms with Gasteiger partial charge in [-0.2, -0.15) is 0 Å². The van der Waals surface area contributed by atoms with Crippen molar-refractivity contribution in [1.82, 2.24) is 0 Å². The summed E-state index contributed by atoms with van der Waals surface area (Å²) < 4.78 is 13.7. The lowest BCUT2D eigenvalue weighted by molar-refractivity contribution is -0.385. The van der Waals surface area contributed by atoms with Gasteiger partial charge in [-0.05, 0) is 13.0 Å². The summed E-state index contributed by atoms with van der Waals surface area (Å²) in [6.07, 6.45) is -1.12. The van der Waals surface area contributed by atoms with Gasteiger partial charge >= 0.3 is 0 Å². The number of nitro groups is 1. The smallest absolute Gasteiger partial charge is 0.272 e. The number of benzene rings is 2. The van der Waals surface area contributed by atoms with Crippen molar-refractivity contribution in [2.24, 2.45) is 0 Å². The molecule has 0 fully saturated rings. The van der Waals surface area contributed by atoms with Gasteiger partial charge in [0.15, 0.2) is 0 Å². The van der Waals surface area contributed by atoms with Crippen LogP contribution >= 0.6 is 0 Å². The molecule has 104 valence electrons. The van der Waals surface area contributed by atoms with Gasteiger partial charge in [0.2, 0.25) is 0 Å². The molecule has 2 rings (SSSR count). The maximum Gasteiger partial charge on any atom is 0.272 e. The van der Waals surface area contributed by atoms with Gasteiger partial charge in [0.1, 0.15) is 5.82 Å². The predicted molar refractivity (Wildman–Crippen MR) is 72.9 cm³/mol. The van der Waals surface area contributed by atoms with Crippen molar-refractivity contribution in [1.29, 1.82) is 0 Å². The van der Waals surface area contributed by atoms with Gasteiger partial charge in [-0.25, -0.2) is 4.39 Å². The highest BCUT2D eigenvalue weighted by Gasteiger charge is 2.19. The first-order chi connectivity index (χ1) is 9.49. The molecule has 1 N–H and O–H groups in total. The van der Waals surface area contributed by atoms with E-state index < -0.39 is 16.8 Å². The zero-order valence-electron chi connectivity index (χ0n) is 10.9. The van der Waals surface area contributed by atoms with Crippen molar-refractivity contribution in [2.45, 2.75) is 19.4 Å². The Labute approximate surface area is 115 Å². The second-order valence-corrected chi connectivity index (χ2v) is 4.63. The van der Waals surface area contributed by atoms with Gasteiger partial charge < -0.3 is 5.11 Å². The van der Waals surface area contributed by atoms with Crippen LogP contribution in [0.15, 0.2) is 42.5 Å². The van der Waals surface area contributed by atoms with E-state index in [1.54, 1.807) is 37.3 Å². The van der Waals surface area contributed by atoms with Crippen LogP contribution in [0.25, 0.3) is 0 Å². The molecule has 1 atom stereocenters. The van der Waals surface area contributed by atoms with E-state index in [1.165, 1.54) is 12.1 Å². The number of aliphatic hydroxyl groups is 1. The number of para-hydroxylation sites is 1. The van der Waals surface area contributed by atoms with Crippen molar-refractivity contribution in [2.75, 3.05) is 0 Å². The molecule has 0 radical (unpaired) electrons. The minimum atomic E-state index is -1.11. The Balaban J connectivity index is 2.30. The minimum Gasteiger partial charge on any atom is -0.388 e. The number of aliphatic hydroxyl groups excluding tert-OH is 1. The third-order valence-corrected chi connectivity index (χ3v) is 3.11. The number of rotatable bonds is 4. The summed E-state index contributed by atoms with van der Waals surface area (Å²) in [5.74, 6) is -0.512. The first-order valence-electron chi connectivity index (χ1n) is 6.15. The summed E-state index contributed by atoms with van der Waals surface area (Å²) in [6, 6.07) is 10.6. The van der Waals surface area contributed by atoms with Crippen LogP contribution in [-0.4, -0.2) is 10.0 Å². The van der Waals surface area contributed by atoms with Crippen molar-refractivity contribution in [3.63, 3.8) is 0 Å². The molecular weight excluding hydrogens is 261 g/mol. The van der Waals surface area contributed by atoms with Crippen LogP contribution in [0.2, 0.25) is 0 Å². The summed E-state index contributed by atoms with van der Waals surface area (Å²) in [5.41, 5.74) is 1.29. The molecule has 0 aliphatic rings. The molecule has 0 saturated heterocycles. The highest BCUT2D eigenvalue weighted by Crippen LogP contribution is 2.26. The summed E-state index contributed by atoms with van der Waals surface area (Å²) in [5, 5.41) is 21.0. The van der Waals surface area contributed by atoms with E-state index in [2.05, 4.69) is 0 Å². The van der Waals surface area contributed by atoms with E-state index in [0.29, 0.717) is 5.56 Å². The van der Waals surface area contributed by atoms with E-state index in [4.69, 9.17) is 0 Å². The van der Waals surface area contributed by atoms with Crippen LogP contribution in [0.4, 0.5) is 10.1 Å². The fourth-order valence-corrected chi connectivity index (χ4v) is 2.10. The summed E-state index contributed by atoms with van der Waals surface area (Å²) in [6.45, 7) is 1.79. The predicted octanol–water partition coefficient (Wildman–Crippen LogP) is 3.32. The van der Waals surface area contributed by atoms with E-state index in [-0.39, 0.29) is 17.7 Å². The largest absolute Gasteiger partial charge is 0.388 e. The molecule has 0 aliphatic carbocycles. The maximum atomic E-state index is 13.7. The molecule has 0 spiro atoms. The van der Waals surface area contributed by atoms with Crippen molar-refractivity contribution < 1.29 is 14.4 Å². The normalized spacial score (nSPS) is 12.2.